The molecule has 1 N–H and O–H groups in total. The van der Waals surface area contributed by atoms with Gasteiger partial charge in [-0.3, -0.25) is 14.8 Å². The average molecular weight is 214 g/mol. The van der Waals surface area contributed by atoms with E-state index in [2.05, 4.69) is 15.3 Å². The fourth-order valence-corrected chi connectivity index (χ4v) is 0.999. The molecule has 1 unspecified atom stereocenters. The highest BCUT2D eigenvalue weighted by molar-refractivity contribution is 6.30. The van der Waals surface area contributed by atoms with E-state index in [0.29, 0.717) is 0 Å². The Bertz CT molecular complexity index is 302. The van der Waals surface area contributed by atoms with E-state index in [0.717, 1.165) is 5.69 Å². The fourth-order valence-electron chi connectivity index (χ4n) is 0.936. The average Bonchev–Trinajstić information content (AvgIpc) is 2.19. The van der Waals surface area contributed by atoms with Crippen LogP contribution in [0.25, 0.3) is 0 Å². The maximum Gasteiger partial charge on any atom is 0.238 e. The molecule has 0 fully saturated rings. The van der Waals surface area contributed by atoms with Gasteiger partial charge >= 0.3 is 0 Å². The molecule has 4 nitrogen and oxygen atoms in total. The van der Waals surface area contributed by atoms with Gasteiger partial charge < -0.3 is 5.32 Å². The second-order valence-electron chi connectivity index (χ2n) is 2.98. The number of rotatable bonds is 3. The Balaban J connectivity index is 2.59. The van der Waals surface area contributed by atoms with Gasteiger partial charge in [0.25, 0.3) is 0 Å². The van der Waals surface area contributed by atoms with E-state index in [4.69, 9.17) is 11.6 Å². The molecule has 0 aliphatic rings. The van der Waals surface area contributed by atoms with Crippen molar-refractivity contribution in [2.24, 2.45) is 0 Å². The lowest BCUT2D eigenvalue weighted by molar-refractivity contribution is -0.121. The molecule has 1 aromatic heterocycles. The molecule has 1 aromatic rings. The molecule has 0 aliphatic carbocycles. The van der Waals surface area contributed by atoms with Gasteiger partial charge in [-0.15, -0.1) is 11.6 Å². The SMILES string of the molecule is CC(Cl)C(=O)N[C@H](C)c1cnccn1. The third-order valence-electron chi connectivity index (χ3n) is 1.75. The van der Waals surface area contributed by atoms with Crippen molar-refractivity contribution in [3.63, 3.8) is 0 Å². The van der Waals surface area contributed by atoms with Gasteiger partial charge in [-0.1, -0.05) is 0 Å². The van der Waals surface area contributed by atoms with E-state index >= 15 is 0 Å². The third-order valence-corrected chi connectivity index (χ3v) is 1.95. The maximum absolute atomic E-state index is 11.2. The lowest BCUT2D eigenvalue weighted by Gasteiger charge is -2.13. The lowest BCUT2D eigenvalue weighted by atomic mass is 10.2. The Morgan fingerprint density at radius 1 is 1.50 bits per heavy atom. The monoisotopic (exact) mass is 213 g/mol. The van der Waals surface area contributed by atoms with Crippen LogP contribution in [-0.2, 0) is 4.79 Å². The van der Waals surface area contributed by atoms with Gasteiger partial charge in [0.05, 0.1) is 17.9 Å². The molecule has 2 atom stereocenters. The van der Waals surface area contributed by atoms with Crippen LogP contribution in [0.4, 0.5) is 0 Å². The molecule has 5 heteroatoms. The van der Waals surface area contributed by atoms with Gasteiger partial charge in [-0.2, -0.15) is 0 Å². The van der Waals surface area contributed by atoms with Crippen LogP contribution in [0.1, 0.15) is 25.6 Å². The highest BCUT2D eigenvalue weighted by Gasteiger charge is 2.14. The summed E-state index contributed by atoms with van der Waals surface area (Å²) in [7, 11) is 0. The van der Waals surface area contributed by atoms with E-state index in [-0.39, 0.29) is 11.9 Å². The van der Waals surface area contributed by atoms with Crippen molar-refractivity contribution in [2.75, 3.05) is 0 Å². The first-order valence-corrected chi connectivity index (χ1v) is 4.75. The van der Waals surface area contributed by atoms with Gasteiger partial charge in [-0.25, -0.2) is 0 Å². The van der Waals surface area contributed by atoms with Gasteiger partial charge in [0, 0.05) is 12.4 Å². The van der Waals surface area contributed by atoms with Gasteiger partial charge in [0.1, 0.15) is 5.38 Å². The molecule has 0 aliphatic heterocycles. The molecule has 76 valence electrons. The van der Waals surface area contributed by atoms with Crippen LogP contribution in [0, 0.1) is 0 Å². The summed E-state index contributed by atoms with van der Waals surface area (Å²) in [4.78, 5) is 19.2. The molecule has 0 spiro atoms. The molecule has 14 heavy (non-hydrogen) atoms. The van der Waals surface area contributed by atoms with Crippen molar-refractivity contribution in [2.45, 2.75) is 25.3 Å². The highest BCUT2D eigenvalue weighted by Crippen LogP contribution is 2.07. The normalized spacial score (nSPS) is 14.5. The van der Waals surface area contributed by atoms with Gasteiger partial charge in [0.15, 0.2) is 0 Å². The summed E-state index contributed by atoms with van der Waals surface area (Å²) in [5, 5.41) is 2.19. The number of alkyl halides is 1. The molecule has 1 rings (SSSR count). The molecular formula is C9H12ClN3O. The highest BCUT2D eigenvalue weighted by atomic mass is 35.5. The summed E-state index contributed by atoms with van der Waals surface area (Å²) >= 11 is 5.61. The first-order valence-electron chi connectivity index (χ1n) is 4.31. The van der Waals surface area contributed by atoms with E-state index in [1.54, 1.807) is 25.5 Å². The van der Waals surface area contributed by atoms with E-state index in [1.807, 2.05) is 6.92 Å². The lowest BCUT2D eigenvalue weighted by Crippen LogP contribution is -2.32. The van der Waals surface area contributed by atoms with E-state index in [1.165, 1.54) is 0 Å². The van der Waals surface area contributed by atoms with E-state index < -0.39 is 5.38 Å². The van der Waals surface area contributed by atoms with Gasteiger partial charge in [-0.05, 0) is 13.8 Å². The summed E-state index contributed by atoms with van der Waals surface area (Å²) in [6.07, 6.45) is 4.79. The van der Waals surface area contributed by atoms with Crippen molar-refractivity contribution < 1.29 is 4.79 Å². The molecule has 0 radical (unpaired) electrons. The van der Waals surface area contributed by atoms with Crippen LogP contribution in [0.3, 0.4) is 0 Å². The van der Waals surface area contributed by atoms with Crippen LogP contribution in [-0.4, -0.2) is 21.3 Å². The van der Waals surface area contributed by atoms with Crippen LogP contribution < -0.4 is 5.32 Å². The maximum atomic E-state index is 11.2. The molecule has 0 saturated carbocycles. The third kappa shape index (κ3) is 2.96. The Labute approximate surface area is 87.7 Å². The predicted molar refractivity (Wildman–Crippen MR) is 53.9 cm³/mol. The first-order chi connectivity index (χ1) is 6.61. The summed E-state index contributed by atoms with van der Waals surface area (Å²) in [5.41, 5.74) is 0.721. The molecule has 0 saturated heterocycles. The summed E-state index contributed by atoms with van der Waals surface area (Å²) in [6, 6.07) is -0.169. The minimum atomic E-state index is -0.533. The minimum Gasteiger partial charge on any atom is -0.347 e. The summed E-state index contributed by atoms with van der Waals surface area (Å²) in [5.74, 6) is -0.204. The first kappa shape index (κ1) is 10.9. The zero-order valence-corrected chi connectivity index (χ0v) is 8.82. The summed E-state index contributed by atoms with van der Waals surface area (Å²) in [6.45, 7) is 3.46. The zero-order valence-electron chi connectivity index (χ0n) is 8.07. The largest absolute Gasteiger partial charge is 0.347 e. The number of hydrogen-bond acceptors (Lipinski definition) is 3. The number of halogens is 1. The molecular weight excluding hydrogens is 202 g/mol. The number of carbonyl (C=O) groups is 1. The van der Waals surface area contributed by atoms with Crippen molar-refractivity contribution >= 4 is 17.5 Å². The number of hydrogen-bond donors (Lipinski definition) is 1. The predicted octanol–water partition coefficient (Wildman–Crippen LogP) is 1.28. The smallest absolute Gasteiger partial charge is 0.238 e. The summed E-state index contributed by atoms with van der Waals surface area (Å²) < 4.78 is 0. The van der Waals surface area contributed by atoms with Crippen LogP contribution in [0.2, 0.25) is 0 Å². The number of nitrogens with zero attached hydrogens (tertiary/aromatic N) is 2. The number of carbonyl (C=O) groups excluding carboxylic acids is 1. The quantitative estimate of drug-likeness (QED) is 0.770. The molecule has 1 amide bonds. The van der Waals surface area contributed by atoms with Crippen molar-refractivity contribution in [3.8, 4) is 0 Å². The number of amides is 1. The Morgan fingerprint density at radius 2 is 2.21 bits per heavy atom. The van der Waals surface area contributed by atoms with Crippen LogP contribution in [0.5, 0.6) is 0 Å². The second kappa shape index (κ2) is 4.91. The number of nitrogens with one attached hydrogen (secondary N) is 1. The molecule has 1 heterocycles. The standard InChI is InChI=1S/C9H12ClN3O/c1-6(10)9(14)13-7(2)8-5-11-3-4-12-8/h3-7H,1-2H3,(H,13,14)/t6?,7-/m1/s1. The second-order valence-corrected chi connectivity index (χ2v) is 3.63. The van der Waals surface area contributed by atoms with Crippen molar-refractivity contribution in [1.29, 1.82) is 0 Å². The molecule has 0 aromatic carbocycles. The number of aromatic nitrogens is 2. The molecule has 0 bridgehead atoms. The Kier molecular flexibility index (Phi) is 3.83. The van der Waals surface area contributed by atoms with Crippen LogP contribution >= 0.6 is 11.6 Å². The Morgan fingerprint density at radius 3 is 2.71 bits per heavy atom. The minimum absolute atomic E-state index is 0.169. The topological polar surface area (TPSA) is 54.9 Å². The Hall–Kier alpha value is -1.16. The zero-order chi connectivity index (χ0) is 10.6. The fraction of sp³-hybridized carbons (Fsp3) is 0.444. The van der Waals surface area contributed by atoms with Crippen molar-refractivity contribution in [3.05, 3.63) is 24.3 Å². The van der Waals surface area contributed by atoms with Crippen molar-refractivity contribution in [1.82, 2.24) is 15.3 Å². The van der Waals surface area contributed by atoms with Crippen LogP contribution in [0.15, 0.2) is 18.6 Å². The van der Waals surface area contributed by atoms with Gasteiger partial charge in [0.2, 0.25) is 5.91 Å². The van der Waals surface area contributed by atoms with E-state index in [9.17, 15) is 4.79 Å².